The Labute approximate surface area is 218 Å². The van der Waals surface area contributed by atoms with Gasteiger partial charge in [-0.25, -0.2) is 0 Å². The highest BCUT2D eigenvalue weighted by atomic mass is 127. The Hall–Kier alpha value is -0.400. The molecule has 2 amide bonds. The van der Waals surface area contributed by atoms with Gasteiger partial charge in [0.15, 0.2) is 0 Å². The third-order valence-corrected chi connectivity index (χ3v) is 7.64. The van der Waals surface area contributed by atoms with Crippen molar-refractivity contribution >= 4 is 79.6 Å². The number of aliphatic hydroxyl groups is 6. The number of hydrogen-bond donors (Lipinski definition) is 6. The largest absolute Gasteiger partial charge is 0.394 e. The molecule has 0 aliphatic carbocycles. The monoisotopic (exact) mass is 775 g/mol. The second-order valence-corrected chi connectivity index (χ2v) is 9.29. The van der Waals surface area contributed by atoms with Gasteiger partial charge in [0.2, 0.25) is 0 Å². The molecule has 0 radical (unpaired) electrons. The number of aliphatic hydroxyl groups excluding tert-OH is 6. The number of carbonyl (C=O) groups excluding carboxylic acids is 2. The van der Waals surface area contributed by atoms with Gasteiger partial charge in [-0.1, -0.05) is 0 Å². The second kappa shape index (κ2) is 13.3. The molecule has 6 N–H and O–H groups in total. The van der Waals surface area contributed by atoms with E-state index in [-0.39, 0.29) is 27.4 Å². The molecule has 0 fully saturated rings. The van der Waals surface area contributed by atoms with Gasteiger partial charge in [0.25, 0.3) is 11.8 Å². The van der Waals surface area contributed by atoms with E-state index in [9.17, 15) is 45.5 Å². The molecule has 0 heterocycles. The summed E-state index contributed by atoms with van der Waals surface area (Å²) in [4.78, 5) is 28.0. The number of halogens is 3. The zero-order chi connectivity index (χ0) is 23.9. The van der Waals surface area contributed by atoms with Crippen molar-refractivity contribution < 1.29 is 40.2 Å². The third kappa shape index (κ3) is 5.94. The van der Waals surface area contributed by atoms with E-state index in [4.69, 9.17) is 0 Å². The van der Waals surface area contributed by atoms with Crippen LogP contribution in [0.15, 0.2) is 0 Å². The van der Waals surface area contributed by atoms with Crippen molar-refractivity contribution in [1.29, 1.82) is 5.26 Å². The van der Waals surface area contributed by atoms with Gasteiger partial charge >= 0.3 is 0 Å². The highest BCUT2D eigenvalue weighted by Gasteiger charge is 2.34. The first kappa shape index (κ1) is 28.6. The Balaban J connectivity index is 3.80. The predicted molar refractivity (Wildman–Crippen MR) is 132 cm³/mol. The van der Waals surface area contributed by atoms with Crippen molar-refractivity contribution in [1.82, 2.24) is 9.80 Å². The number of benzene rings is 1. The molecule has 0 saturated heterocycles. The first-order valence-corrected chi connectivity index (χ1v) is 11.8. The molecule has 0 bridgehead atoms. The van der Waals surface area contributed by atoms with E-state index in [0.717, 1.165) is 9.80 Å². The van der Waals surface area contributed by atoms with Crippen LogP contribution in [0.5, 0.6) is 0 Å². The molecule has 1 rings (SSSR count). The molecule has 0 unspecified atom stereocenters. The number of amides is 2. The molecule has 0 saturated carbocycles. The van der Waals surface area contributed by atoms with Crippen LogP contribution in [0.25, 0.3) is 0 Å². The third-order valence-electron chi connectivity index (χ3n) is 4.41. The Morgan fingerprint density at radius 2 is 1.06 bits per heavy atom. The van der Waals surface area contributed by atoms with Crippen LogP contribution in [0.1, 0.15) is 26.3 Å². The maximum Gasteiger partial charge on any atom is 0.258 e. The van der Waals surface area contributed by atoms with E-state index >= 15 is 0 Å². The second-order valence-electron chi connectivity index (χ2n) is 6.05. The molecular weight excluding hydrogens is 755 g/mol. The minimum Gasteiger partial charge on any atom is -0.394 e. The van der Waals surface area contributed by atoms with E-state index < -0.39 is 63.8 Å². The number of nitrogens with zero attached hydrogens (tertiary/aromatic N) is 3. The summed E-state index contributed by atoms with van der Waals surface area (Å²) in [5.74, 6) is -1.66. The van der Waals surface area contributed by atoms with Crippen LogP contribution >= 0.6 is 67.8 Å². The van der Waals surface area contributed by atoms with Gasteiger partial charge in [-0.05, 0) is 67.8 Å². The van der Waals surface area contributed by atoms with E-state index in [1.165, 1.54) is 0 Å². The van der Waals surface area contributed by atoms with Crippen molar-refractivity contribution in [2.24, 2.45) is 0 Å². The first-order valence-electron chi connectivity index (χ1n) is 8.58. The summed E-state index contributed by atoms with van der Waals surface area (Å²) in [6.45, 7) is -4.22. The SMILES string of the molecule is N#Cc1c(I)c(C(=O)N(CO)C(CO)CO)c(I)c(C(=O)N(CO)C(CO)CO)c1I. The van der Waals surface area contributed by atoms with Gasteiger partial charge in [0.05, 0.1) is 55.2 Å². The van der Waals surface area contributed by atoms with Gasteiger partial charge in [0.1, 0.15) is 19.5 Å². The molecule has 0 aliphatic heterocycles. The number of carbonyl (C=O) groups is 2. The molecule has 1 aromatic carbocycles. The molecule has 1 aromatic rings. The number of nitriles is 1. The summed E-state index contributed by atoms with van der Waals surface area (Å²) in [5.41, 5.74) is -0.215. The summed E-state index contributed by atoms with van der Waals surface area (Å²) in [7, 11) is 0. The molecule has 0 atom stereocenters. The van der Waals surface area contributed by atoms with Crippen LogP contribution in [0.3, 0.4) is 0 Å². The zero-order valence-electron chi connectivity index (χ0n) is 15.9. The Kier molecular flexibility index (Phi) is 12.3. The van der Waals surface area contributed by atoms with Crippen molar-refractivity contribution in [3.05, 3.63) is 27.4 Å². The zero-order valence-corrected chi connectivity index (χ0v) is 22.3. The van der Waals surface area contributed by atoms with Crippen molar-refractivity contribution in [3.8, 4) is 6.07 Å². The number of rotatable bonds is 10. The lowest BCUT2D eigenvalue weighted by atomic mass is 10.0. The first-order chi connectivity index (χ1) is 14.7. The topological polar surface area (TPSA) is 186 Å². The summed E-state index contributed by atoms with van der Waals surface area (Å²) < 4.78 is 0.487. The summed E-state index contributed by atoms with van der Waals surface area (Å²) in [6.07, 6.45) is 0. The van der Waals surface area contributed by atoms with E-state index in [1.807, 2.05) is 6.07 Å². The van der Waals surface area contributed by atoms with Crippen molar-refractivity contribution in [3.63, 3.8) is 0 Å². The minimum absolute atomic E-state index is 0.00168. The summed E-state index contributed by atoms with van der Waals surface area (Å²) in [6, 6.07) is -0.304. The normalized spacial score (nSPS) is 11.0. The molecule has 31 heavy (non-hydrogen) atoms. The van der Waals surface area contributed by atoms with Crippen LogP contribution in [0, 0.1) is 22.0 Å². The predicted octanol–water partition coefficient (Wildman–Crippen LogP) is -1.14. The fourth-order valence-electron chi connectivity index (χ4n) is 2.63. The summed E-state index contributed by atoms with van der Waals surface area (Å²) >= 11 is 5.24. The van der Waals surface area contributed by atoms with E-state index in [0.29, 0.717) is 0 Å². The lowest BCUT2D eigenvalue weighted by molar-refractivity contribution is 0.0134. The lowest BCUT2D eigenvalue weighted by Crippen LogP contribution is -2.47. The van der Waals surface area contributed by atoms with Crippen molar-refractivity contribution in [2.75, 3.05) is 39.9 Å². The highest BCUT2D eigenvalue weighted by Crippen LogP contribution is 2.34. The lowest BCUT2D eigenvalue weighted by Gasteiger charge is -2.30. The van der Waals surface area contributed by atoms with Crippen LogP contribution in [0.2, 0.25) is 0 Å². The average molecular weight is 775 g/mol. The van der Waals surface area contributed by atoms with Crippen molar-refractivity contribution in [2.45, 2.75) is 12.1 Å². The Morgan fingerprint density at radius 3 is 1.29 bits per heavy atom. The standard InChI is InChI=1S/C17H20I3N3O8/c18-13-10(1-21)14(19)12(17(31)23(7-29)9(4-26)5-27)15(20)11(13)16(30)22(6-28)8(2-24)3-25/h8-9,24-29H,2-7H2. The average Bonchev–Trinajstić information content (AvgIpc) is 2.75. The van der Waals surface area contributed by atoms with E-state index in [2.05, 4.69) is 0 Å². The fraction of sp³-hybridized carbons (Fsp3) is 0.471. The minimum atomic E-state index is -1.12. The van der Waals surface area contributed by atoms with Gasteiger partial charge in [-0.2, -0.15) is 5.26 Å². The fourth-order valence-corrected chi connectivity index (χ4v) is 6.96. The molecule has 11 nitrogen and oxygen atoms in total. The molecular formula is C17H20I3N3O8. The molecule has 0 aliphatic rings. The van der Waals surface area contributed by atoms with Gasteiger partial charge < -0.3 is 40.4 Å². The molecule has 172 valence electrons. The van der Waals surface area contributed by atoms with Crippen LogP contribution in [0.4, 0.5) is 0 Å². The van der Waals surface area contributed by atoms with Crippen LogP contribution in [-0.4, -0.2) is 104 Å². The molecule has 0 aromatic heterocycles. The van der Waals surface area contributed by atoms with Crippen LogP contribution in [-0.2, 0) is 0 Å². The van der Waals surface area contributed by atoms with Crippen LogP contribution < -0.4 is 0 Å². The quantitative estimate of drug-likeness (QED) is 0.126. The summed E-state index contributed by atoms with van der Waals surface area (Å²) in [5, 5.41) is 66.6. The molecule has 14 heteroatoms. The van der Waals surface area contributed by atoms with Gasteiger partial charge in [0, 0.05) is 10.7 Å². The van der Waals surface area contributed by atoms with Gasteiger partial charge in [-0.3, -0.25) is 9.59 Å². The maximum absolute atomic E-state index is 13.2. The smallest absolute Gasteiger partial charge is 0.258 e. The number of hydrogen-bond acceptors (Lipinski definition) is 9. The Morgan fingerprint density at radius 1 is 0.742 bits per heavy atom. The molecule has 0 spiro atoms. The maximum atomic E-state index is 13.2. The Bertz CT molecular complexity index is 797. The van der Waals surface area contributed by atoms with Gasteiger partial charge in [-0.15, -0.1) is 0 Å². The van der Waals surface area contributed by atoms with E-state index in [1.54, 1.807) is 67.8 Å². The highest BCUT2D eigenvalue weighted by molar-refractivity contribution is 14.1.